The van der Waals surface area contributed by atoms with E-state index < -0.39 is 22.1 Å². The molecule has 1 aliphatic rings. The first kappa shape index (κ1) is 17.4. The predicted octanol–water partition coefficient (Wildman–Crippen LogP) is -0.734. The standard InChI is InChI=1S/C12H24N2O5S/c1-13(2)8-10-7-11(15)9-14(10)20(17,18)6-4-5-12(16)19-3/h10-11,15H,4-9H2,1-3H3. The van der Waals surface area contributed by atoms with Gasteiger partial charge in [-0.25, -0.2) is 8.42 Å². The molecule has 0 spiro atoms. The molecule has 118 valence electrons. The molecule has 0 bridgehead atoms. The van der Waals surface area contributed by atoms with E-state index in [1.54, 1.807) is 0 Å². The van der Waals surface area contributed by atoms with Crippen molar-refractivity contribution in [3.63, 3.8) is 0 Å². The molecule has 1 saturated heterocycles. The summed E-state index contributed by atoms with van der Waals surface area (Å²) in [4.78, 5) is 12.9. The van der Waals surface area contributed by atoms with Crippen molar-refractivity contribution >= 4 is 16.0 Å². The molecule has 0 aliphatic carbocycles. The number of β-amino-alcohol motifs (C(OH)–C–C–N with tert-alkyl or cyclic N) is 1. The minimum absolute atomic E-state index is 0.0878. The Labute approximate surface area is 120 Å². The number of sulfonamides is 1. The lowest BCUT2D eigenvalue weighted by Gasteiger charge is -2.26. The average molecular weight is 308 g/mol. The van der Waals surface area contributed by atoms with E-state index in [2.05, 4.69) is 4.74 Å². The lowest BCUT2D eigenvalue weighted by atomic mass is 10.2. The lowest BCUT2D eigenvalue weighted by Crippen LogP contribution is -2.42. The van der Waals surface area contributed by atoms with Gasteiger partial charge >= 0.3 is 5.97 Å². The van der Waals surface area contributed by atoms with Crippen LogP contribution in [0.3, 0.4) is 0 Å². The molecule has 0 saturated carbocycles. The number of aliphatic hydroxyl groups excluding tert-OH is 1. The fourth-order valence-electron chi connectivity index (χ4n) is 2.41. The minimum Gasteiger partial charge on any atom is -0.469 e. The quantitative estimate of drug-likeness (QED) is 0.624. The zero-order chi connectivity index (χ0) is 15.3. The van der Waals surface area contributed by atoms with Crippen LogP contribution in [0.15, 0.2) is 0 Å². The maximum atomic E-state index is 12.3. The van der Waals surface area contributed by atoms with Crippen molar-refractivity contribution in [2.24, 2.45) is 0 Å². The van der Waals surface area contributed by atoms with Crippen molar-refractivity contribution in [3.05, 3.63) is 0 Å². The van der Waals surface area contributed by atoms with E-state index >= 15 is 0 Å². The number of ether oxygens (including phenoxy) is 1. The number of methoxy groups -OCH3 is 1. The van der Waals surface area contributed by atoms with Crippen LogP contribution in [0, 0.1) is 0 Å². The molecule has 1 N–H and O–H groups in total. The van der Waals surface area contributed by atoms with Gasteiger partial charge in [-0.05, 0) is 26.9 Å². The summed E-state index contributed by atoms with van der Waals surface area (Å²) in [5, 5.41) is 9.70. The average Bonchev–Trinajstić information content (AvgIpc) is 2.69. The summed E-state index contributed by atoms with van der Waals surface area (Å²) in [6, 6.07) is -0.205. The SMILES string of the molecule is COC(=O)CCCS(=O)(=O)N1CC(O)CC1CN(C)C. The molecule has 0 aromatic carbocycles. The molecule has 0 aromatic rings. The number of nitrogens with zero attached hydrogens (tertiary/aromatic N) is 2. The highest BCUT2D eigenvalue weighted by Crippen LogP contribution is 2.23. The van der Waals surface area contributed by atoms with E-state index in [1.165, 1.54) is 11.4 Å². The summed E-state index contributed by atoms with van der Waals surface area (Å²) in [6.45, 7) is 0.715. The van der Waals surface area contributed by atoms with Crippen molar-refractivity contribution in [1.82, 2.24) is 9.21 Å². The van der Waals surface area contributed by atoms with Crippen LogP contribution in [0.1, 0.15) is 19.3 Å². The molecule has 7 nitrogen and oxygen atoms in total. The third-order valence-corrected chi connectivity index (χ3v) is 5.25. The number of aliphatic hydroxyl groups is 1. The van der Waals surface area contributed by atoms with Crippen LogP contribution in [-0.2, 0) is 19.6 Å². The Morgan fingerprint density at radius 2 is 2.10 bits per heavy atom. The van der Waals surface area contributed by atoms with Gasteiger partial charge in [-0.3, -0.25) is 4.79 Å². The Hall–Kier alpha value is -0.700. The Bertz CT molecular complexity index is 424. The fourth-order valence-corrected chi connectivity index (χ4v) is 4.16. The molecule has 1 aliphatic heterocycles. The molecule has 1 fully saturated rings. The molecule has 2 unspecified atom stereocenters. The van der Waals surface area contributed by atoms with E-state index in [-0.39, 0.29) is 31.2 Å². The van der Waals surface area contributed by atoms with Crippen LogP contribution in [0.5, 0.6) is 0 Å². The van der Waals surface area contributed by atoms with Crippen molar-refractivity contribution < 1.29 is 23.1 Å². The number of hydrogen-bond acceptors (Lipinski definition) is 6. The van der Waals surface area contributed by atoms with Gasteiger partial charge in [0.05, 0.1) is 19.0 Å². The van der Waals surface area contributed by atoms with Crippen LogP contribution < -0.4 is 0 Å². The number of likely N-dealkylation sites (N-methyl/N-ethyl adjacent to an activating group) is 1. The van der Waals surface area contributed by atoms with Gasteiger partial charge in [-0.1, -0.05) is 0 Å². The second kappa shape index (κ2) is 7.35. The highest BCUT2D eigenvalue weighted by molar-refractivity contribution is 7.89. The van der Waals surface area contributed by atoms with Gasteiger partial charge < -0.3 is 14.7 Å². The number of hydrogen-bond donors (Lipinski definition) is 1. The van der Waals surface area contributed by atoms with E-state index in [0.29, 0.717) is 13.0 Å². The molecule has 8 heteroatoms. The first-order valence-electron chi connectivity index (χ1n) is 6.65. The van der Waals surface area contributed by atoms with E-state index in [1.807, 2.05) is 19.0 Å². The Balaban J connectivity index is 2.62. The van der Waals surface area contributed by atoms with E-state index in [9.17, 15) is 18.3 Å². The molecule has 0 amide bonds. The van der Waals surface area contributed by atoms with Gasteiger partial charge in [0.15, 0.2) is 0 Å². The largest absolute Gasteiger partial charge is 0.469 e. The number of esters is 1. The number of carbonyl (C=O) groups excluding carboxylic acids is 1. The molecular formula is C12H24N2O5S. The predicted molar refractivity (Wildman–Crippen MR) is 74.7 cm³/mol. The summed E-state index contributed by atoms with van der Waals surface area (Å²) < 4.78 is 30.4. The molecule has 2 atom stereocenters. The lowest BCUT2D eigenvalue weighted by molar-refractivity contribution is -0.140. The summed E-state index contributed by atoms with van der Waals surface area (Å²) in [6.07, 6.45) is 0.158. The topological polar surface area (TPSA) is 87.2 Å². The third-order valence-electron chi connectivity index (χ3n) is 3.29. The van der Waals surface area contributed by atoms with Crippen LogP contribution >= 0.6 is 0 Å². The second-order valence-corrected chi connectivity index (χ2v) is 7.41. The third kappa shape index (κ3) is 5.01. The van der Waals surface area contributed by atoms with Crippen LogP contribution in [0.4, 0.5) is 0 Å². The van der Waals surface area contributed by atoms with Crippen LogP contribution in [0.2, 0.25) is 0 Å². The monoisotopic (exact) mass is 308 g/mol. The van der Waals surface area contributed by atoms with E-state index in [4.69, 9.17) is 0 Å². The van der Waals surface area contributed by atoms with Crippen molar-refractivity contribution in [2.75, 3.05) is 40.0 Å². The molecule has 0 radical (unpaired) electrons. The van der Waals surface area contributed by atoms with Crippen molar-refractivity contribution in [1.29, 1.82) is 0 Å². The fraction of sp³-hybridized carbons (Fsp3) is 0.917. The zero-order valence-electron chi connectivity index (χ0n) is 12.3. The number of carbonyl (C=O) groups is 1. The second-order valence-electron chi connectivity index (χ2n) is 5.37. The van der Waals surface area contributed by atoms with Crippen molar-refractivity contribution in [2.45, 2.75) is 31.4 Å². The minimum atomic E-state index is -3.45. The molecule has 1 rings (SSSR count). The highest BCUT2D eigenvalue weighted by atomic mass is 32.2. The maximum Gasteiger partial charge on any atom is 0.305 e. The Kier molecular flexibility index (Phi) is 6.38. The van der Waals surface area contributed by atoms with Crippen molar-refractivity contribution in [3.8, 4) is 0 Å². The zero-order valence-corrected chi connectivity index (χ0v) is 13.1. The smallest absolute Gasteiger partial charge is 0.305 e. The van der Waals surface area contributed by atoms with Crippen LogP contribution in [0.25, 0.3) is 0 Å². The molecule has 1 heterocycles. The van der Waals surface area contributed by atoms with Gasteiger partial charge in [0.1, 0.15) is 0 Å². The highest BCUT2D eigenvalue weighted by Gasteiger charge is 2.38. The van der Waals surface area contributed by atoms with Gasteiger partial charge in [-0.2, -0.15) is 4.31 Å². The normalized spacial score (nSPS) is 24.2. The molecular weight excluding hydrogens is 284 g/mol. The summed E-state index contributed by atoms with van der Waals surface area (Å²) in [5.74, 6) is -0.509. The maximum absolute atomic E-state index is 12.3. The van der Waals surface area contributed by atoms with Gasteiger partial charge in [-0.15, -0.1) is 0 Å². The van der Waals surface area contributed by atoms with Gasteiger partial charge in [0.25, 0.3) is 0 Å². The summed E-state index contributed by atoms with van der Waals surface area (Å²) in [7, 11) is 1.56. The Morgan fingerprint density at radius 1 is 1.45 bits per heavy atom. The first-order chi connectivity index (χ1) is 9.26. The molecule has 20 heavy (non-hydrogen) atoms. The first-order valence-corrected chi connectivity index (χ1v) is 8.26. The number of rotatable bonds is 7. The Morgan fingerprint density at radius 3 is 2.65 bits per heavy atom. The van der Waals surface area contributed by atoms with Gasteiger partial charge in [0.2, 0.25) is 10.0 Å². The van der Waals surface area contributed by atoms with Crippen LogP contribution in [-0.4, -0.2) is 80.9 Å². The van der Waals surface area contributed by atoms with Gasteiger partial charge in [0, 0.05) is 25.6 Å². The summed E-state index contributed by atoms with van der Waals surface area (Å²) in [5.41, 5.74) is 0. The van der Waals surface area contributed by atoms with E-state index in [0.717, 1.165) is 0 Å². The molecule has 0 aromatic heterocycles. The summed E-state index contributed by atoms with van der Waals surface area (Å²) >= 11 is 0.